The molecular weight excluding hydrogens is 676 g/mol. The molecule has 6 unspecified atom stereocenters. The molecule has 1 aliphatic heterocycles. The van der Waals surface area contributed by atoms with Gasteiger partial charge in [0.25, 0.3) is 0 Å². The van der Waals surface area contributed by atoms with Gasteiger partial charge in [0.05, 0.1) is 31.5 Å². The summed E-state index contributed by atoms with van der Waals surface area (Å²) in [4.78, 5) is 21.7. The number of phenolic OH excluding ortho intramolecular Hbond substituents is 1. The third kappa shape index (κ3) is 9.43. The SMILES string of the molecule is C=CCOC12Oc3ccc(O)cc3C3C(CCCCO)C(CCCCO)C=C(C(=NOCC)CC1N(CCC)C(=O)OCCOCc1ccccc1)C32. The molecule has 3 aliphatic rings. The summed E-state index contributed by atoms with van der Waals surface area (Å²) in [6.07, 6.45) is 9.10. The molecule has 1 heterocycles. The van der Waals surface area contributed by atoms with E-state index < -0.39 is 23.8 Å². The second-order valence-corrected chi connectivity index (χ2v) is 14.1. The maximum absolute atomic E-state index is 14.2. The van der Waals surface area contributed by atoms with E-state index in [0.29, 0.717) is 44.8 Å². The summed E-state index contributed by atoms with van der Waals surface area (Å²) in [6, 6.07) is 14.4. The first-order valence-electron chi connectivity index (χ1n) is 19.4. The Hall–Kier alpha value is -3.90. The summed E-state index contributed by atoms with van der Waals surface area (Å²) in [6.45, 7) is 9.72. The minimum atomic E-state index is -1.37. The standard InChI is InChI=1S/C42H58N2O9/c1-4-20-44(41(48)50-25-24-49-29-30-14-8-7-9-15-30)38-28-36(43-52-6-3)34-26-31(16-10-12-21-45)33(17-11-13-22-46)39-35-27-32(47)18-19-37(35)53-42(38,40(34)39)51-23-5-2/h5,7-9,14-15,18-19,26-27,31,33,38-40,45-47H,2,4,6,10-13,16-17,20-25,28-29H2,1,3H3. The van der Waals surface area contributed by atoms with Crippen LogP contribution >= 0.6 is 0 Å². The second kappa shape index (κ2) is 20.0. The van der Waals surface area contributed by atoms with Crippen molar-refractivity contribution in [2.24, 2.45) is 22.9 Å². The highest BCUT2D eigenvalue weighted by molar-refractivity contribution is 6.02. The molecule has 6 atom stereocenters. The van der Waals surface area contributed by atoms with E-state index in [0.717, 1.165) is 48.1 Å². The minimum Gasteiger partial charge on any atom is -0.508 e. The first kappa shape index (κ1) is 40.3. The Balaban J connectivity index is 1.59. The molecule has 290 valence electrons. The monoisotopic (exact) mass is 734 g/mol. The fourth-order valence-corrected chi connectivity index (χ4v) is 8.45. The first-order chi connectivity index (χ1) is 25.9. The molecule has 5 rings (SSSR count). The number of carbonyl (C=O) groups excluding carboxylic acids is 1. The molecule has 2 aromatic rings. The number of amides is 1. The van der Waals surface area contributed by atoms with E-state index in [1.165, 1.54) is 0 Å². The molecule has 11 heteroatoms. The van der Waals surface area contributed by atoms with Crippen LogP contribution in [0.25, 0.3) is 0 Å². The highest BCUT2D eigenvalue weighted by atomic mass is 16.7. The molecule has 1 amide bonds. The average molecular weight is 735 g/mol. The summed E-state index contributed by atoms with van der Waals surface area (Å²) in [5.74, 6) is -1.11. The number of carbonyl (C=O) groups is 1. The van der Waals surface area contributed by atoms with Crippen LogP contribution in [-0.4, -0.2) is 90.0 Å². The molecule has 0 saturated heterocycles. The number of benzene rings is 2. The lowest BCUT2D eigenvalue weighted by Gasteiger charge is -2.59. The zero-order chi connectivity index (χ0) is 37.6. The number of aliphatic hydroxyl groups is 2. The number of unbranched alkanes of at least 4 members (excludes halogenated alkanes) is 2. The molecule has 1 saturated carbocycles. The van der Waals surface area contributed by atoms with Crippen LogP contribution in [0.5, 0.6) is 11.5 Å². The number of fused-ring (bicyclic) bond motifs is 2. The summed E-state index contributed by atoms with van der Waals surface area (Å²) in [5.41, 5.74) is 3.58. The van der Waals surface area contributed by atoms with Crippen molar-refractivity contribution in [1.82, 2.24) is 4.90 Å². The maximum atomic E-state index is 14.2. The van der Waals surface area contributed by atoms with Crippen LogP contribution in [0.1, 0.15) is 82.3 Å². The third-order valence-corrected chi connectivity index (χ3v) is 10.6. The van der Waals surface area contributed by atoms with Crippen LogP contribution in [-0.2, 0) is 25.7 Å². The Morgan fingerprint density at radius 3 is 2.55 bits per heavy atom. The summed E-state index contributed by atoms with van der Waals surface area (Å²) < 4.78 is 25.7. The number of allylic oxidation sites excluding steroid dienone is 1. The van der Waals surface area contributed by atoms with Gasteiger partial charge in [0.2, 0.25) is 5.79 Å². The van der Waals surface area contributed by atoms with Crippen LogP contribution < -0.4 is 4.74 Å². The van der Waals surface area contributed by atoms with E-state index in [9.17, 15) is 20.1 Å². The molecule has 53 heavy (non-hydrogen) atoms. The summed E-state index contributed by atoms with van der Waals surface area (Å²) >= 11 is 0. The van der Waals surface area contributed by atoms with E-state index >= 15 is 0 Å². The largest absolute Gasteiger partial charge is 0.508 e. The highest BCUT2D eigenvalue weighted by Gasteiger charge is 2.65. The van der Waals surface area contributed by atoms with Crippen LogP contribution in [0.15, 0.2) is 78.0 Å². The molecular formula is C42H58N2O9. The van der Waals surface area contributed by atoms with Crippen molar-refractivity contribution >= 4 is 11.8 Å². The third-order valence-electron chi connectivity index (χ3n) is 10.6. The van der Waals surface area contributed by atoms with Gasteiger partial charge in [-0.15, -0.1) is 6.58 Å². The molecule has 1 fully saturated rings. The average Bonchev–Trinajstić information content (AvgIpc) is 3.17. The Morgan fingerprint density at radius 2 is 1.83 bits per heavy atom. The molecule has 0 spiro atoms. The Kier molecular flexibility index (Phi) is 15.2. The lowest BCUT2D eigenvalue weighted by atomic mass is 9.55. The number of hydrogen-bond donors (Lipinski definition) is 3. The quantitative estimate of drug-likeness (QED) is 0.0696. The fraction of sp³-hybridized carbons (Fsp3) is 0.571. The van der Waals surface area contributed by atoms with Gasteiger partial charge in [-0.1, -0.05) is 67.4 Å². The van der Waals surface area contributed by atoms with Crippen molar-refractivity contribution in [3.05, 3.63) is 84.0 Å². The van der Waals surface area contributed by atoms with E-state index in [-0.39, 0.29) is 63.0 Å². The van der Waals surface area contributed by atoms with Crippen LogP contribution in [0.3, 0.4) is 0 Å². The van der Waals surface area contributed by atoms with Crippen LogP contribution in [0, 0.1) is 17.8 Å². The van der Waals surface area contributed by atoms with Gasteiger partial charge in [-0.25, -0.2) is 4.79 Å². The van der Waals surface area contributed by atoms with E-state index in [1.807, 2.05) is 44.2 Å². The zero-order valence-electron chi connectivity index (χ0n) is 31.4. The Labute approximate surface area is 314 Å². The smallest absolute Gasteiger partial charge is 0.410 e. The number of phenols is 1. The lowest BCUT2D eigenvalue weighted by Crippen LogP contribution is -2.70. The van der Waals surface area contributed by atoms with Crippen molar-refractivity contribution in [2.45, 2.75) is 89.6 Å². The van der Waals surface area contributed by atoms with Crippen molar-refractivity contribution in [3.63, 3.8) is 0 Å². The zero-order valence-corrected chi connectivity index (χ0v) is 31.4. The molecule has 0 radical (unpaired) electrons. The van der Waals surface area contributed by atoms with Gasteiger partial charge >= 0.3 is 6.09 Å². The van der Waals surface area contributed by atoms with Gasteiger partial charge in [-0.05, 0) is 80.2 Å². The van der Waals surface area contributed by atoms with Gasteiger partial charge in [0, 0.05) is 37.7 Å². The summed E-state index contributed by atoms with van der Waals surface area (Å²) in [5, 5.41) is 35.0. The number of hydrogen-bond acceptors (Lipinski definition) is 10. The maximum Gasteiger partial charge on any atom is 0.410 e. The van der Waals surface area contributed by atoms with Gasteiger partial charge < -0.3 is 39.1 Å². The first-order valence-corrected chi connectivity index (χ1v) is 19.4. The number of rotatable bonds is 21. The predicted octanol–water partition coefficient (Wildman–Crippen LogP) is 7.11. The lowest BCUT2D eigenvalue weighted by molar-refractivity contribution is -0.255. The molecule has 2 aliphatic carbocycles. The van der Waals surface area contributed by atoms with E-state index in [4.69, 9.17) is 28.9 Å². The van der Waals surface area contributed by atoms with Crippen molar-refractivity contribution in [1.29, 1.82) is 0 Å². The normalized spacial score (nSPS) is 25.1. The van der Waals surface area contributed by atoms with E-state index in [2.05, 4.69) is 12.7 Å². The van der Waals surface area contributed by atoms with Gasteiger partial charge in [0.1, 0.15) is 30.8 Å². The number of aromatic hydroxyl groups is 1. The summed E-state index contributed by atoms with van der Waals surface area (Å²) in [7, 11) is 0. The van der Waals surface area contributed by atoms with Gasteiger partial charge in [-0.3, -0.25) is 4.90 Å². The van der Waals surface area contributed by atoms with Crippen molar-refractivity contribution < 1.29 is 43.9 Å². The van der Waals surface area contributed by atoms with E-state index in [1.54, 1.807) is 29.2 Å². The minimum absolute atomic E-state index is 0.0711. The van der Waals surface area contributed by atoms with Crippen LogP contribution in [0.2, 0.25) is 0 Å². The Morgan fingerprint density at radius 1 is 1.06 bits per heavy atom. The van der Waals surface area contributed by atoms with Crippen LogP contribution in [0.4, 0.5) is 4.79 Å². The van der Waals surface area contributed by atoms with Gasteiger partial charge in [0.15, 0.2) is 0 Å². The van der Waals surface area contributed by atoms with Crippen molar-refractivity contribution in [3.8, 4) is 11.5 Å². The number of nitrogens with zero attached hydrogens (tertiary/aromatic N) is 2. The number of aliphatic hydroxyl groups excluding tert-OH is 2. The number of oxime groups is 1. The van der Waals surface area contributed by atoms with Gasteiger partial charge in [-0.2, -0.15) is 0 Å². The molecule has 0 bridgehead atoms. The molecule has 2 aromatic carbocycles. The molecule has 11 nitrogen and oxygen atoms in total. The predicted molar refractivity (Wildman–Crippen MR) is 203 cm³/mol. The Bertz CT molecular complexity index is 1530. The fourth-order valence-electron chi connectivity index (χ4n) is 8.45. The second-order valence-electron chi connectivity index (χ2n) is 14.1. The number of ether oxygens (including phenoxy) is 4. The molecule has 0 aromatic heterocycles. The van der Waals surface area contributed by atoms with Crippen molar-refractivity contribution in [2.75, 3.05) is 46.2 Å². The highest BCUT2D eigenvalue weighted by Crippen LogP contribution is 2.61. The molecule has 3 N–H and O–H groups in total. The topological polar surface area (TPSA) is 140 Å².